The van der Waals surface area contributed by atoms with Gasteiger partial charge in [0.25, 0.3) is 10.2 Å². The molecule has 1 fully saturated rings. The number of nitrogens with zero attached hydrogens (tertiary/aromatic N) is 5. The van der Waals surface area contributed by atoms with Crippen molar-refractivity contribution >= 4 is 16.2 Å². The summed E-state index contributed by atoms with van der Waals surface area (Å²) in [5.41, 5.74) is -0.143. The van der Waals surface area contributed by atoms with Crippen molar-refractivity contribution in [2.75, 3.05) is 26.2 Å². The summed E-state index contributed by atoms with van der Waals surface area (Å²) in [5.74, 6) is -1.15. The summed E-state index contributed by atoms with van der Waals surface area (Å²) in [7, 11) is -3.43. The zero-order valence-electron chi connectivity index (χ0n) is 11.3. The zero-order valence-corrected chi connectivity index (χ0v) is 12.1. The molecule has 1 aromatic heterocycles. The van der Waals surface area contributed by atoms with Crippen LogP contribution in [0.3, 0.4) is 0 Å². The summed E-state index contributed by atoms with van der Waals surface area (Å²) in [6.07, 6.45) is 1.31. The van der Waals surface area contributed by atoms with Gasteiger partial charge < -0.3 is 5.11 Å². The molecule has 1 saturated heterocycles. The first-order valence-electron chi connectivity index (χ1n) is 6.30. The van der Waals surface area contributed by atoms with E-state index in [1.807, 2.05) is 0 Å². The lowest BCUT2D eigenvalue weighted by atomic mass is 10.2. The Morgan fingerprint density at radius 3 is 2.50 bits per heavy atom. The monoisotopic (exact) mass is 303 g/mol. The van der Waals surface area contributed by atoms with Gasteiger partial charge in [0.2, 0.25) is 0 Å². The first-order valence-corrected chi connectivity index (χ1v) is 7.70. The molecular weight excluding hydrogens is 286 g/mol. The molecule has 0 bridgehead atoms. The fourth-order valence-electron chi connectivity index (χ4n) is 2.04. The number of carboxylic acid groups (broad SMARTS) is 1. The molecular formula is C10H17N5O4S. The van der Waals surface area contributed by atoms with Crippen molar-refractivity contribution in [3.8, 4) is 0 Å². The van der Waals surface area contributed by atoms with Gasteiger partial charge in [0.15, 0.2) is 5.69 Å². The Bertz CT molecular complexity index is 589. The van der Waals surface area contributed by atoms with Crippen LogP contribution in [-0.4, -0.2) is 69.3 Å². The van der Waals surface area contributed by atoms with Crippen LogP contribution in [0, 0.1) is 0 Å². The van der Waals surface area contributed by atoms with Crippen molar-refractivity contribution in [2.45, 2.75) is 19.9 Å². The fourth-order valence-corrected chi connectivity index (χ4v) is 3.74. The molecule has 1 aliphatic rings. The van der Waals surface area contributed by atoms with Crippen molar-refractivity contribution < 1.29 is 18.3 Å². The van der Waals surface area contributed by atoms with Crippen LogP contribution in [0.2, 0.25) is 0 Å². The third kappa shape index (κ3) is 2.53. The highest BCUT2D eigenvalue weighted by atomic mass is 32.2. The molecule has 2 heterocycles. The van der Waals surface area contributed by atoms with E-state index in [1.54, 1.807) is 13.8 Å². The zero-order chi connectivity index (χ0) is 14.9. The standard InChI is InChI=1S/C10H17N5O4S/c1-3-13(4-2)20(18,19)14-5-8(6-14)15-7-9(10(16)17)11-12-15/h7-8H,3-6H2,1-2H3,(H,16,17). The first-order chi connectivity index (χ1) is 9.40. The second kappa shape index (κ2) is 5.46. The van der Waals surface area contributed by atoms with E-state index in [-0.39, 0.29) is 24.8 Å². The molecule has 0 unspecified atom stereocenters. The van der Waals surface area contributed by atoms with E-state index in [0.29, 0.717) is 13.1 Å². The third-order valence-electron chi connectivity index (χ3n) is 3.29. The average Bonchev–Trinajstić information content (AvgIpc) is 2.77. The first kappa shape index (κ1) is 14.9. The van der Waals surface area contributed by atoms with E-state index in [9.17, 15) is 13.2 Å². The van der Waals surface area contributed by atoms with Crippen molar-refractivity contribution in [3.05, 3.63) is 11.9 Å². The Morgan fingerprint density at radius 2 is 2.05 bits per heavy atom. The molecule has 112 valence electrons. The Morgan fingerprint density at radius 1 is 1.45 bits per heavy atom. The Hall–Kier alpha value is -1.52. The molecule has 9 nitrogen and oxygen atoms in total. The van der Waals surface area contributed by atoms with Crippen LogP contribution >= 0.6 is 0 Å². The molecule has 1 aliphatic heterocycles. The van der Waals surface area contributed by atoms with E-state index in [1.165, 1.54) is 19.5 Å². The molecule has 0 aliphatic carbocycles. The van der Waals surface area contributed by atoms with Gasteiger partial charge in [0, 0.05) is 26.2 Å². The predicted molar refractivity (Wildman–Crippen MR) is 69.4 cm³/mol. The maximum absolute atomic E-state index is 12.2. The lowest BCUT2D eigenvalue weighted by Crippen LogP contribution is -2.55. The second-order valence-corrected chi connectivity index (χ2v) is 6.38. The SMILES string of the molecule is CCN(CC)S(=O)(=O)N1CC(n2cc(C(=O)O)nn2)C1. The summed E-state index contributed by atoms with van der Waals surface area (Å²) >= 11 is 0. The van der Waals surface area contributed by atoms with Crippen LogP contribution in [0.4, 0.5) is 0 Å². The summed E-state index contributed by atoms with van der Waals surface area (Å²) in [6.45, 7) is 4.98. The number of carboxylic acids is 1. The van der Waals surface area contributed by atoms with Gasteiger partial charge in [-0.05, 0) is 0 Å². The molecule has 20 heavy (non-hydrogen) atoms. The van der Waals surface area contributed by atoms with Gasteiger partial charge in [0.1, 0.15) is 0 Å². The van der Waals surface area contributed by atoms with Crippen LogP contribution in [0.25, 0.3) is 0 Å². The highest BCUT2D eigenvalue weighted by molar-refractivity contribution is 7.86. The van der Waals surface area contributed by atoms with Crippen LogP contribution in [0.5, 0.6) is 0 Å². The molecule has 1 N–H and O–H groups in total. The summed E-state index contributed by atoms with van der Waals surface area (Å²) in [4.78, 5) is 10.7. The fraction of sp³-hybridized carbons (Fsp3) is 0.700. The van der Waals surface area contributed by atoms with Crippen LogP contribution in [0.15, 0.2) is 6.20 Å². The highest BCUT2D eigenvalue weighted by Gasteiger charge is 2.39. The Labute approximate surface area is 117 Å². The van der Waals surface area contributed by atoms with Gasteiger partial charge in [-0.3, -0.25) is 0 Å². The van der Waals surface area contributed by atoms with Gasteiger partial charge in [-0.2, -0.15) is 17.0 Å². The smallest absolute Gasteiger partial charge is 0.358 e. The van der Waals surface area contributed by atoms with E-state index in [4.69, 9.17) is 5.11 Å². The maximum atomic E-state index is 12.2. The number of hydrogen-bond donors (Lipinski definition) is 1. The van der Waals surface area contributed by atoms with Crippen molar-refractivity contribution in [1.29, 1.82) is 0 Å². The van der Waals surface area contributed by atoms with Crippen molar-refractivity contribution in [2.24, 2.45) is 0 Å². The maximum Gasteiger partial charge on any atom is 0.358 e. The van der Waals surface area contributed by atoms with E-state index in [2.05, 4.69) is 10.3 Å². The van der Waals surface area contributed by atoms with Gasteiger partial charge in [-0.25, -0.2) is 9.48 Å². The quantitative estimate of drug-likeness (QED) is 0.753. The molecule has 1 aromatic rings. The minimum absolute atomic E-state index is 0.143. The summed E-state index contributed by atoms with van der Waals surface area (Å²) < 4.78 is 28.5. The average molecular weight is 303 g/mol. The van der Waals surface area contributed by atoms with Gasteiger partial charge in [-0.1, -0.05) is 19.1 Å². The molecule has 0 aromatic carbocycles. The van der Waals surface area contributed by atoms with Gasteiger partial charge in [0.05, 0.1) is 12.2 Å². The molecule has 0 spiro atoms. The normalized spacial score (nSPS) is 17.4. The van der Waals surface area contributed by atoms with E-state index < -0.39 is 16.2 Å². The molecule has 10 heteroatoms. The minimum Gasteiger partial charge on any atom is -0.476 e. The van der Waals surface area contributed by atoms with Gasteiger partial charge in [-0.15, -0.1) is 5.10 Å². The highest BCUT2D eigenvalue weighted by Crippen LogP contribution is 2.25. The van der Waals surface area contributed by atoms with Crippen molar-refractivity contribution in [3.63, 3.8) is 0 Å². The molecule has 0 saturated carbocycles. The predicted octanol–water partition coefficient (Wildman–Crippen LogP) is -0.580. The summed E-state index contributed by atoms with van der Waals surface area (Å²) in [6, 6.07) is -0.166. The van der Waals surface area contributed by atoms with Crippen molar-refractivity contribution in [1.82, 2.24) is 23.6 Å². The Kier molecular flexibility index (Phi) is 4.06. The second-order valence-electron chi connectivity index (χ2n) is 4.45. The lowest BCUT2D eigenvalue weighted by molar-refractivity contribution is 0.0690. The van der Waals surface area contributed by atoms with E-state index in [0.717, 1.165) is 0 Å². The lowest BCUT2D eigenvalue weighted by Gasteiger charge is -2.40. The molecule has 0 amide bonds. The molecule has 2 rings (SSSR count). The number of aromatic carboxylic acids is 1. The van der Waals surface area contributed by atoms with Crippen LogP contribution in [-0.2, 0) is 10.2 Å². The number of carbonyl (C=O) groups is 1. The van der Waals surface area contributed by atoms with E-state index >= 15 is 0 Å². The number of aromatic nitrogens is 3. The number of rotatable bonds is 6. The molecule has 0 atom stereocenters. The Balaban J connectivity index is 2.02. The van der Waals surface area contributed by atoms with Crippen LogP contribution in [0.1, 0.15) is 30.4 Å². The summed E-state index contributed by atoms with van der Waals surface area (Å²) in [5, 5.41) is 16.0. The topological polar surface area (TPSA) is 109 Å². The van der Waals surface area contributed by atoms with Crippen LogP contribution < -0.4 is 0 Å². The molecule has 0 radical (unpaired) electrons. The number of hydrogen-bond acceptors (Lipinski definition) is 5. The largest absolute Gasteiger partial charge is 0.476 e. The van der Waals surface area contributed by atoms with Gasteiger partial charge >= 0.3 is 5.97 Å². The minimum atomic E-state index is -3.43. The third-order valence-corrected chi connectivity index (χ3v) is 5.41.